The Kier molecular flexibility index (Phi) is 4.22. The Morgan fingerprint density at radius 2 is 1.75 bits per heavy atom. The van der Waals surface area contributed by atoms with Gasteiger partial charge in [0.2, 0.25) is 0 Å². The fourth-order valence-corrected chi connectivity index (χ4v) is 3.00. The fourth-order valence-electron chi connectivity index (χ4n) is 2.62. The van der Waals surface area contributed by atoms with Gasteiger partial charge in [-0.15, -0.1) is 0 Å². The molecule has 0 N–H and O–H groups in total. The highest BCUT2D eigenvalue weighted by atomic mass is 79.9. The van der Waals surface area contributed by atoms with Crippen molar-refractivity contribution in [1.82, 2.24) is 4.57 Å². The Labute approximate surface area is 128 Å². The molecular weight excluding hydrogens is 310 g/mol. The quantitative estimate of drug-likeness (QED) is 0.551. The van der Waals surface area contributed by atoms with E-state index in [0.717, 1.165) is 11.0 Å². The number of hydrogen-bond acceptors (Lipinski definition) is 0. The van der Waals surface area contributed by atoms with E-state index < -0.39 is 0 Å². The highest BCUT2D eigenvalue weighted by Crippen LogP contribution is 2.21. The van der Waals surface area contributed by atoms with E-state index in [1.165, 1.54) is 35.7 Å². The van der Waals surface area contributed by atoms with Crippen molar-refractivity contribution in [3.8, 4) is 0 Å². The Morgan fingerprint density at radius 1 is 0.900 bits per heavy atom. The first-order valence-electron chi connectivity index (χ1n) is 7.11. The molecule has 3 rings (SSSR count). The van der Waals surface area contributed by atoms with Gasteiger partial charge in [0.25, 0.3) is 0 Å². The molecule has 1 heterocycles. The first-order valence-corrected chi connectivity index (χ1v) is 7.90. The first-order chi connectivity index (χ1) is 9.83. The van der Waals surface area contributed by atoms with Gasteiger partial charge in [-0.1, -0.05) is 46.3 Å². The average Bonchev–Trinajstić information content (AvgIpc) is 2.87. The zero-order chi connectivity index (χ0) is 13.8. The minimum Gasteiger partial charge on any atom is -0.347 e. The molecule has 0 aliphatic heterocycles. The van der Waals surface area contributed by atoms with Crippen LogP contribution in [0.4, 0.5) is 0 Å². The lowest BCUT2D eigenvalue weighted by Crippen LogP contribution is -1.97. The van der Waals surface area contributed by atoms with Gasteiger partial charge in [0.05, 0.1) is 0 Å². The number of aromatic nitrogens is 1. The second-order valence-electron chi connectivity index (χ2n) is 5.15. The number of hydrogen-bond donors (Lipinski definition) is 0. The van der Waals surface area contributed by atoms with Crippen LogP contribution < -0.4 is 0 Å². The lowest BCUT2D eigenvalue weighted by atomic mass is 10.1. The first kappa shape index (κ1) is 13.4. The van der Waals surface area contributed by atoms with Crippen molar-refractivity contribution >= 4 is 26.8 Å². The summed E-state index contributed by atoms with van der Waals surface area (Å²) < 4.78 is 3.50. The van der Waals surface area contributed by atoms with Crippen LogP contribution in [-0.2, 0) is 13.0 Å². The molecule has 0 saturated heterocycles. The smallest absolute Gasteiger partial charge is 0.0481 e. The van der Waals surface area contributed by atoms with E-state index in [2.05, 4.69) is 81.3 Å². The van der Waals surface area contributed by atoms with Crippen LogP contribution in [0.3, 0.4) is 0 Å². The molecule has 0 atom stereocenters. The largest absolute Gasteiger partial charge is 0.347 e. The number of fused-ring (bicyclic) bond motifs is 1. The number of halogens is 1. The summed E-state index contributed by atoms with van der Waals surface area (Å²) in [5.41, 5.74) is 2.77. The molecule has 0 radical (unpaired) electrons. The van der Waals surface area contributed by atoms with Crippen LogP contribution in [0.2, 0.25) is 0 Å². The molecule has 102 valence electrons. The molecule has 0 fully saturated rings. The maximum absolute atomic E-state index is 3.52. The van der Waals surface area contributed by atoms with Crippen molar-refractivity contribution in [2.24, 2.45) is 0 Å². The summed E-state index contributed by atoms with van der Waals surface area (Å²) in [7, 11) is 0. The number of benzene rings is 2. The van der Waals surface area contributed by atoms with Crippen molar-refractivity contribution in [2.75, 3.05) is 0 Å². The van der Waals surface area contributed by atoms with E-state index >= 15 is 0 Å². The minimum atomic E-state index is 1.10. The topological polar surface area (TPSA) is 4.93 Å². The molecule has 0 spiro atoms. The third-order valence-corrected chi connectivity index (χ3v) is 4.18. The van der Waals surface area contributed by atoms with Crippen molar-refractivity contribution in [2.45, 2.75) is 25.8 Å². The summed E-state index contributed by atoms with van der Waals surface area (Å²) in [4.78, 5) is 0. The van der Waals surface area contributed by atoms with E-state index in [0.29, 0.717) is 0 Å². The van der Waals surface area contributed by atoms with Gasteiger partial charge in [-0.05, 0) is 49.1 Å². The lowest BCUT2D eigenvalue weighted by Gasteiger charge is -2.06. The maximum atomic E-state index is 3.52. The van der Waals surface area contributed by atoms with Crippen LogP contribution in [0.25, 0.3) is 10.9 Å². The van der Waals surface area contributed by atoms with Gasteiger partial charge < -0.3 is 4.57 Å². The Balaban J connectivity index is 1.58. The van der Waals surface area contributed by atoms with Crippen LogP contribution in [0.5, 0.6) is 0 Å². The Hall–Kier alpha value is -1.54. The molecule has 0 aliphatic rings. The van der Waals surface area contributed by atoms with Gasteiger partial charge in [-0.2, -0.15) is 0 Å². The Morgan fingerprint density at radius 3 is 2.60 bits per heavy atom. The van der Waals surface area contributed by atoms with Gasteiger partial charge in [-0.25, -0.2) is 0 Å². The summed E-state index contributed by atoms with van der Waals surface area (Å²) in [5, 5.41) is 1.31. The average molecular weight is 328 g/mol. The van der Waals surface area contributed by atoms with E-state index in [4.69, 9.17) is 0 Å². The lowest BCUT2D eigenvalue weighted by molar-refractivity contribution is 0.624. The van der Waals surface area contributed by atoms with Crippen molar-refractivity contribution in [1.29, 1.82) is 0 Å². The fraction of sp³-hybridized carbons (Fsp3) is 0.222. The second-order valence-corrected chi connectivity index (χ2v) is 6.07. The van der Waals surface area contributed by atoms with E-state index in [9.17, 15) is 0 Å². The van der Waals surface area contributed by atoms with Gasteiger partial charge >= 0.3 is 0 Å². The summed E-state index contributed by atoms with van der Waals surface area (Å²) in [6, 6.07) is 19.4. The zero-order valence-corrected chi connectivity index (χ0v) is 13.0. The minimum absolute atomic E-state index is 1.10. The van der Waals surface area contributed by atoms with E-state index in [-0.39, 0.29) is 0 Å². The monoisotopic (exact) mass is 327 g/mol. The van der Waals surface area contributed by atoms with Gasteiger partial charge in [0.15, 0.2) is 0 Å². The predicted molar refractivity (Wildman–Crippen MR) is 89.0 cm³/mol. The second kappa shape index (κ2) is 6.27. The van der Waals surface area contributed by atoms with Crippen LogP contribution >= 0.6 is 15.9 Å². The molecule has 1 aromatic heterocycles. The molecule has 0 bridgehead atoms. The molecule has 0 saturated carbocycles. The predicted octanol–water partition coefficient (Wildman–Crippen LogP) is 5.43. The van der Waals surface area contributed by atoms with Crippen molar-refractivity contribution < 1.29 is 0 Å². The zero-order valence-electron chi connectivity index (χ0n) is 11.4. The van der Waals surface area contributed by atoms with Gasteiger partial charge in [-0.3, -0.25) is 0 Å². The standard InChI is InChI=1S/C18H18BrN/c19-17-9-10-18-16(14-17)11-13-20(18)12-5-4-8-15-6-2-1-3-7-15/h1-3,6-7,9-11,13-14H,4-5,8,12H2. The molecular formula is C18H18BrN. The maximum Gasteiger partial charge on any atom is 0.0481 e. The van der Waals surface area contributed by atoms with Gasteiger partial charge in [0.1, 0.15) is 0 Å². The van der Waals surface area contributed by atoms with Crippen LogP contribution in [0.15, 0.2) is 65.3 Å². The third-order valence-electron chi connectivity index (χ3n) is 3.69. The molecule has 0 aliphatic carbocycles. The molecule has 0 amide bonds. The van der Waals surface area contributed by atoms with E-state index in [1.54, 1.807) is 0 Å². The molecule has 20 heavy (non-hydrogen) atoms. The highest BCUT2D eigenvalue weighted by Gasteiger charge is 2.01. The van der Waals surface area contributed by atoms with Crippen LogP contribution in [0.1, 0.15) is 18.4 Å². The SMILES string of the molecule is Brc1ccc2c(ccn2CCCCc2ccccc2)c1. The van der Waals surface area contributed by atoms with Crippen LogP contribution in [0, 0.1) is 0 Å². The summed E-state index contributed by atoms with van der Waals surface area (Å²) in [6.45, 7) is 1.10. The molecule has 2 aromatic carbocycles. The molecule has 1 nitrogen and oxygen atoms in total. The molecule has 3 aromatic rings. The number of rotatable bonds is 5. The normalized spacial score (nSPS) is 11.1. The van der Waals surface area contributed by atoms with Crippen molar-refractivity contribution in [3.63, 3.8) is 0 Å². The Bertz CT molecular complexity index is 685. The number of unbranched alkanes of at least 4 members (excludes halogenated alkanes) is 1. The third kappa shape index (κ3) is 3.13. The summed E-state index contributed by atoms with van der Waals surface area (Å²) >= 11 is 3.52. The van der Waals surface area contributed by atoms with Gasteiger partial charge in [0, 0.05) is 28.1 Å². The summed E-state index contributed by atoms with van der Waals surface area (Å²) in [5.74, 6) is 0. The molecule has 2 heteroatoms. The molecule has 0 unspecified atom stereocenters. The van der Waals surface area contributed by atoms with Crippen molar-refractivity contribution in [3.05, 3.63) is 70.8 Å². The number of aryl methyl sites for hydroxylation is 2. The highest BCUT2D eigenvalue weighted by molar-refractivity contribution is 9.10. The number of nitrogens with zero attached hydrogens (tertiary/aromatic N) is 1. The summed E-state index contributed by atoms with van der Waals surface area (Å²) in [6.07, 6.45) is 5.82. The van der Waals surface area contributed by atoms with Crippen LogP contribution in [-0.4, -0.2) is 4.57 Å². The van der Waals surface area contributed by atoms with E-state index in [1.807, 2.05) is 0 Å².